The molecule has 0 saturated carbocycles. The predicted octanol–water partition coefficient (Wildman–Crippen LogP) is 1.25. The van der Waals surface area contributed by atoms with Gasteiger partial charge in [0.15, 0.2) is 0 Å². The summed E-state index contributed by atoms with van der Waals surface area (Å²) in [7, 11) is 1.79. The van der Waals surface area contributed by atoms with E-state index in [-0.39, 0.29) is 17.6 Å². The first-order chi connectivity index (χ1) is 8.59. The molecule has 98 valence electrons. The Morgan fingerprint density at radius 2 is 1.94 bits per heavy atom. The first-order valence-corrected chi connectivity index (χ1v) is 6.89. The van der Waals surface area contributed by atoms with Crippen LogP contribution in [0.25, 0.3) is 0 Å². The van der Waals surface area contributed by atoms with E-state index in [2.05, 4.69) is 0 Å². The molecule has 0 aromatic heterocycles. The average Bonchev–Trinajstić information content (AvgIpc) is 2.35. The van der Waals surface area contributed by atoms with Crippen molar-refractivity contribution in [2.75, 3.05) is 18.6 Å². The Hall–Kier alpha value is -1.49. The predicted molar refractivity (Wildman–Crippen MR) is 74.1 cm³/mol. The number of benzene rings is 1. The number of nitrogens with two attached hydrogens (primary N) is 1. The van der Waals surface area contributed by atoms with Crippen LogP contribution < -0.4 is 5.73 Å². The highest BCUT2D eigenvalue weighted by molar-refractivity contribution is 7.99. The lowest BCUT2D eigenvalue weighted by Gasteiger charge is -2.17. The van der Waals surface area contributed by atoms with Gasteiger partial charge in [-0.05, 0) is 5.56 Å². The molecule has 2 amide bonds. The molecule has 1 rings (SSSR count). The van der Waals surface area contributed by atoms with Crippen LogP contribution in [-0.2, 0) is 16.1 Å². The molecule has 0 unspecified atom stereocenters. The van der Waals surface area contributed by atoms with Crippen LogP contribution in [0.1, 0.15) is 12.0 Å². The van der Waals surface area contributed by atoms with Crippen LogP contribution in [0.15, 0.2) is 30.3 Å². The minimum absolute atomic E-state index is 0.0795. The number of primary amides is 1. The molecule has 0 bridgehead atoms. The number of nitrogens with zero attached hydrogens (tertiary/aromatic N) is 1. The lowest BCUT2D eigenvalue weighted by molar-refractivity contribution is -0.130. The molecule has 0 aliphatic rings. The molecule has 0 radical (unpaired) electrons. The number of amides is 2. The molecule has 0 heterocycles. The van der Waals surface area contributed by atoms with E-state index in [1.54, 1.807) is 11.9 Å². The summed E-state index contributed by atoms with van der Waals surface area (Å²) in [6.07, 6.45) is 0.432. The van der Waals surface area contributed by atoms with Gasteiger partial charge in [0, 0.05) is 25.8 Å². The molecule has 18 heavy (non-hydrogen) atoms. The van der Waals surface area contributed by atoms with Gasteiger partial charge in [-0.25, -0.2) is 0 Å². The van der Waals surface area contributed by atoms with Crippen LogP contribution in [0.5, 0.6) is 0 Å². The fourth-order valence-electron chi connectivity index (χ4n) is 1.47. The SMILES string of the molecule is CN(Cc1ccccc1)C(=O)CCSCC(N)=O. The van der Waals surface area contributed by atoms with Gasteiger partial charge in [0.25, 0.3) is 0 Å². The Morgan fingerprint density at radius 3 is 2.56 bits per heavy atom. The van der Waals surface area contributed by atoms with E-state index in [1.807, 2.05) is 30.3 Å². The molecule has 1 aromatic carbocycles. The Kier molecular flexibility index (Phi) is 6.28. The third kappa shape index (κ3) is 5.72. The van der Waals surface area contributed by atoms with Crippen LogP contribution in [0, 0.1) is 0 Å². The highest BCUT2D eigenvalue weighted by Crippen LogP contribution is 2.07. The van der Waals surface area contributed by atoms with Crippen LogP contribution in [-0.4, -0.2) is 35.3 Å². The minimum atomic E-state index is -0.343. The lowest BCUT2D eigenvalue weighted by atomic mass is 10.2. The first-order valence-electron chi connectivity index (χ1n) is 5.73. The average molecular weight is 266 g/mol. The highest BCUT2D eigenvalue weighted by Gasteiger charge is 2.09. The summed E-state index contributed by atoms with van der Waals surface area (Å²) in [6.45, 7) is 0.611. The summed E-state index contributed by atoms with van der Waals surface area (Å²) in [5, 5.41) is 0. The monoisotopic (exact) mass is 266 g/mol. The highest BCUT2D eigenvalue weighted by atomic mass is 32.2. The molecule has 0 saturated heterocycles. The molecule has 0 fully saturated rings. The van der Waals surface area contributed by atoms with Crippen molar-refractivity contribution >= 4 is 23.6 Å². The summed E-state index contributed by atoms with van der Waals surface area (Å²) in [6, 6.07) is 9.84. The van der Waals surface area contributed by atoms with Crippen molar-refractivity contribution in [3.05, 3.63) is 35.9 Å². The number of hydrogen-bond acceptors (Lipinski definition) is 3. The van der Waals surface area contributed by atoms with Crippen LogP contribution in [0.3, 0.4) is 0 Å². The van der Waals surface area contributed by atoms with Gasteiger partial charge in [-0.2, -0.15) is 11.8 Å². The summed E-state index contributed by atoms with van der Waals surface area (Å²) in [4.78, 5) is 24.0. The van der Waals surface area contributed by atoms with E-state index < -0.39 is 0 Å². The minimum Gasteiger partial charge on any atom is -0.369 e. The molecule has 0 spiro atoms. The molecule has 2 N–H and O–H groups in total. The number of thioether (sulfide) groups is 1. The van der Waals surface area contributed by atoms with Crippen LogP contribution in [0.4, 0.5) is 0 Å². The van der Waals surface area contributed by atoms with Gasteiger partial charge in [0.05, 0.1) is 5.75 Å². The van der Waals surface area contributed by atoms with Gasteiger partial charge in [-0.15, -0.1) is 0 Å². The smallest absolute Gasteiger partial charge is 0.227 e. The van der Waals surface area contributed by atoms with Crippen molar-refractivity contribution < 1.29 is 9.59 Å². The maximum absolute atomic E-state index is 11.8. The Morgan fingerprint density at radius 1 is 1.28 bits per heavy atom. The topological polar surface area (TPSA) is 63.4 Å². The Balaban J connectivity index is 2.27. The molecule has 4 nitrogen and oxygen atoms in total. The summed E-state index contributed by atoms with van der Waals surface area (Å²) >= 11 is 1.39. The van der Waals surface area contributed by atoms with Crippen molar-refractivity contribution in [3.8, 4) is 0 Å². The van der Waals surface area contributed by atoms with Crippen LogP contribution >= 0.6 is 11.8 Å². The van der Waals surface area contributed by atoms with E-state index in [0.29, 0.717) is 18.7 Å². The number of rotatable bonds is 7. The second-order valence-electron chi connectivity index (χ2n) is 4.00. The van der Waals surface area contributed by atoms with Crippen molar-refractivity contribution in [2.24, 2.45) is 5.73 Å². The van der Waals surface area contributed by atoms with Gasteiger partial charge in [0.2, 0.25) is 11.8 Å². The standard InChI is InChI=1S/C13H18N2O2S/c1-15(9-11-5-3-2-4-6-11)13(17)7-8-18-10-12(14)16/h2-6H,7-10H2,1H3,(H2,14,16). The second-order valence-corrected chi connectivity index (χ2v) is 5.11. The zero-order valence-corrected chi connectivity index (χ0v) is 11.3. The zero-order valence-electron chi connectivity index (χ0n) is 10.5. The molecule has 0 aliphatic heterocycles. The number of carbonyl (C=O) groups excluding carboxylic acids is 2. The van der Waals surface area contributed by atoms with E-state index in [4.69, 9.17) is 5.73 Å². The molecular formula is C13H18N2O2S. The molecular weight excluding hydrogens is 248 g/mol. The molecule has 0 atom stereocenters. The lowest BCUT2D eigenvalue weighted by Crippen LogP contribution is -2.26. The first kappa shape index (κ1) is 14.6. The second kappa shape index (κ2) is 7.76. The normalized spacial score (nSPS) is 10.1. The summed E-state index contributed by atoms with van der Waals surface area (Å²) in [5.74, 6) is 0.636. The summed E-state index contributed by atoms with van der Waals surface area (Å²) in [5.41, 5.74) is 6.13. The molecule has 0 aliphatic carbocycles. The maximum Gasteiger partial charge on any atom is 0.227 e. The number of carbonyl (C=O) groups is 2. The third-order valence-electron chi connectivity index (χ3n) is 2.39. The fraction of sp³-hybridized carbons (Fsp3) is 0.385. The van der Waals surface area contributed by atoms with E-state index in [9.17, 15) is 9.59 Å². The fourth-order valence-corrected chi connectivity index (χ4v) is 2.13. The Labute approximate surface area is 112 Å². The molecule has 5 heteroatoms. The van der Waals surface area contributed by atoms with Gasteiger partial charge < -0.3 is 10.6 Å². The molecule has 1 aromatic rings. The summed E-state index contributed by atoms with van der Waals surface area (Å²) < 4.78 is 0. The van der Waals surface area contributed by atoms with E-state index in [1.165, 1.54) is 11.8 Å². The third-order valence-corrected chi connectivity index (χ3v) is 3.37. The van der Waals surface area contributed by atoms with Gasteiger partial charge in [-0.3, -0.25) is 9.59 Å². The van der Waals surface area contributed by atoms with Gasteiger partial charge in [0.1, 0.15) is 0 Å². The van der Waals surface area contributed by atoms with Crippen LogP contribution in [0.2, 0.25) is 0 Å². The van der Waals surface area contributed by atoms with Crippen molar-refractivity contribution in [3.63, 3.8) is 0 Å². The quantitative estimate of drug-likeness (QED) is 0.756. The zero-order chi connectivity index (χ0) is 13.4. The van der Waals surface area contributed by atoms with Crippen molar-refractivity contribution in [1.82, 2.24) is 4.90 Å². The van der Waals surface area contributed by atoms with Gasteiger partial charge in [-0.1, -0.05) is 30.3 Å². The Bertz CT molecular complexity index is 395. The van der Waals surface area contributed by atoms with E-state index in [0.717, 1.165) is 5.56 Å². The maximum atomic E-state index is 11.8. The largest absolute Gasteiger partial charge is 0.369 e. The number of hydrogen-bond donors (Lipinski definition) is 1. The van der Waals surface area contributed by atoms with Gasteiger partial charge >= 0.3 is 0 Å². The van der Waals surface area contributed by atoms with E-state index >= 15 is 0 Å². The van der Waals surface area contributed by atoms with Crippen molar-refractivity contribution in [2.45, 2.75) is 13.0 Å². The van der Waals surface area contributed by atoms with Crippen molar-refractivity contribution in [1.29, 1.82) is 0 Å².